The Morgan fingerprint density at radius 3 is 2.69 bits per heavy atom. The van der Waals surface area contributed by atoms with E-state index in [-0.39, 0.29) is 36.2 Å². The molecule has 6 heteroatoms. The number of rotatable bonds is 5. The van der Waals surface area contributed by atoms with Gasteiger partial charge in [0, 0.05) is 12.1 Å². The highest BCUT2D eigenvalue weighted by molar-refractivity contribution is 5.99. The number of benzene rings is 1. The molecule has 2 amide bonds. The second-order valence-electron chi connectivity index (χ2n) is 7.46. The number of piperidine rings is 1. The van der Waals surface area contributed by atoms with Crippen LogP contribution in [0.4, 0.5) is 0 Å². The fraction of sp³-hybridized carbons (Fsp3) is 0.550. The van der Waals surface area contributed by atoms with Gasteiger partial charge >= 0.3 is 0 Å². The van der Waals surface area contributed by atoms with Gasteiger partial charge in [-0.25, -0.2) is 0 Å². The molecule has 2 aliphatic heterocycles. The number of carbonyl (C=O) groups is 3. The van der Waals surface area contributed by atoms with Crippen LogP contribution in [0.1, 0.15) is 43.5 Å². The van der Waals surface area contributed by atoms with Gasteiger partial charge in [0.05, 0.1) is 6.10 Å². The summed E-state index contributed by atoms with van der Waals surface area (Å²) in [6.07, 6.45) is 1.93. The lowest BCUT2D eigenvalue weighted by Crippen LogP contribution is -2.58. The first-order chi connectivity index (χ1) is 12.5. The molecular formula is C20H26N2O4. The Balaban J connectivity index is 1.77. The van der Waals surface area contributed by atoms with Crippen LogP contribution in [0.15, 0.2) is 30.3 Å². The lowest BCUT2D eigenvalue weighted by Gasteiger charge is -2.37. The summed E-state index contributed by atoms with van der Waals surface area (Å²) in [6.45, 7) is 4.63. The minimum Gasteiger partial charge on any atom is -0.368 e. The summed E-state index contributed by atoms with van der Waals surface area (Å²) in [5.74, 6) is -0.263. The van der Waals surface area contributed by atoms with Crippen molar-refractivity contribution in [2.24, 2.45) is 5.92 Å². The molecule has 0 spiro atoms. The second kappa shape index (κ2) is 7.99. The predicted molar refractivity (Wildman–Crippen MR) is 96.6 cm³/mol. The standard InChI is InChI=1S/C20H26N2O4/c1-13(2)11-15(21-19(24)14-7-4-3-5-8-14)20(25)22-10-6-9-17-18(22)16(23)12-26-17/h3-5,7-8,13,15,17-18H,6,9-12H2,1-2H3,(H,21,24)/t15-,17?,18?/m0/s1. The van der Waals surface area contributed by atoms with Gasteiger partial charge in [0.2, 0.25) is 5.91 Å². The molecule has 6 nitrogen and oxygen atoms in total. The van der Waals surface area contributed by atoms with Gasteiger partial charge in [0.25, 0.3) is 5.91 Å². The summed E-state index contributed by atoms with van der Waals surface area (Å²) in [6, 6.07) is 7.72. The molecule has 2 saturated heterocycles. The lowest BCUT2D eigenvalue weighted by atomic mass is 9.95. The van der Waals surface area contributed by atoms with Crippen molar-refractivity contribution in [2.45, 2.75) is 51.3 Å². The fourth-order valence-electron chi connectivity index (χ4n) is 3.76. The van der Waals surface area contributed by atoms with Crippen molar-refractivity contribution in [1.29, 1.82) is 0 Å². The van der Waals surface area contributed by atoms with Crippen molar-refractivity contribution in [1.82, 2.24) is 10.2 Å². The summed E-state index contributed by atoms with van der Waals surface area (Å²) in [5, 5.41) is 2.87. The number of amides is 2. The molecule has 140 valence electrons. The second-order valence-corrected chi connectivity index (χ2v) is 7.46. The zero-order valence-electron chi connectivity index (χ0n) is 15.3. The highest BCUT2D eigenvalue weighted by Gasteiger charge is 2.45. The predicted octanol–water partition coefficient (Wildman–Crippen LogP) is 1.79. The number of fused-ring (bicyclic) bond motifs is 1. The van der Waals surface area contributed by atoms with Crippen molar-refractivity contribution < 1.29 is 19.1 Å². The number of hydrogen-bond acceptors (Lipinski definition) is 4. The first-order valence-electron chi connectivity index (χ1n) is 9.28. The van der Waals surface area contributed by atoms with Gasteiger partial charge in [-0.1, -0.05) is 32.0 Å². The fourth-order valence-corrected chi connectivity index (χ4v) is 3.76. The highest BCUT2D eigenvalue weighted by atomic mass is 16.5. The molecule has 26 heavy (non-hydrogen) atoms. The molecule has 0 aliphatic carbocycles. The third kappa shape index (κ3) is 3.96. The Hall–Kier alpha value is -2.21. The maximum Gasteiger partial charge on any atom is 0.251 e. The average molecular weight is 358 g/mol. The number of carbonyl (C=O) groups excluding carboxylic acids is 3. The molecule has 2 unspecified atom stereocenters. The molecular weight excluding hydrogens is 332 g/mol. The number of nitrogens with one attached hydrogen (secondary N) is 1. The SMILES string of the molecule is CC(C)C[C@H](NC(=O)c1ccccc1)C(=O)N1CCCC2OCC(=O)C21. The smallest absolute Gasteiger partial charge is 0.251 e. The van der Waals surface area contributed by atoms with Crippen LogP contribution in [0.5, 0.6) is 0 Å². The van der Waals surface area contributed by atoms with E-state index in [0.29, 0.717) is 18.5 Å². The summed E-state index contributed by atoms with van der Waals surface area (Å²) >= 11 is 0. The van der Waals surface area contributed by atoms with Crippen LogP contribution >= 0.6 is 0 Å². The Kier molecular flexibility index (Phi) is 5.71. The molecule has 3 atom stereocenters. The molecule has 0 aromatic heterocycles. The van der Waals surface area contributed by atoms with Gasteiger partial charge in [0.15, 0.2) is 5.78 Å². The molecule has 1 aromatic carbocycles. The van der Waals surface area contributed by atoms with Crippen LogP contribution in [0.3, 0.4) is 0 Å². The normalized spacial score (nSPS) is 23.7. The molecule has 3 rings (SSSR count). The topological polar surface area (TPSA) is 75.7 Å². The molecule has 2 fully saturated rings. The zero-order chi connectivity index (χ0) is 18.7. The van der Waals surface area contributed by atoms with Crippen molar-refractivity contribution in [3.63, 3.8) is 0 Å². The third-order valence-corrected chi connectivity index (χ3v) is 4.97. The van der Waals surface area contributed by atoms with Crippen LogP contribution < -0.4 is 5.32 Å². The van der Waals surface area contributed by atoms with Gasteiger partial charge in [-0.15, -0.1) is 0 Å². The highest BCUT2D eigenvalue weighted by Crippen LogP contribution is 2.27. The molecule has 1 N–H and O–H groups in total. The van der Waals surface area contributed by atoms with Crippen molar-refractivity contribution in [3.05, 3.63) is 35.9 Å². The Morgan fingerprint density at radius 2 is 2.00 bits per heavy atom. The molecule has 0 bridgehead atoms. The zero-order valence-corrected chi connectivity index (χ0v) is 15.3. The van der Waals surface area contributed by atoms with Gasteiger partial charge in [-0.2, -0.15) is 0 Å². The minimum absolute atomic E-state index is 0.0410. The maximum absolute atomic E-state index is 13.2. The van der Waals surface area contributed by atoms with Crippen molar-refractivity contribution in [3.8, 4) is 0 Å². The van der Waals surface area contributed by atoms with E-state index < -0.39 is 12.1 Å². The molecule has 2 aliphatic rings. The van der Waals surface area contributed by atoms with Crippen molar-refractivity contribution in [2.75, 3.05) is 13.2 Å². The average Bonchev–Trinajstić information content (AvgIpc) is 3.02. The van der Waals surface area contributed by atoms with Crippen LogP contribution in [0.25, 0.3) is 0 Å². The van der Waals surface area contributed by atoms with E-state index in [2.05, 4.69) is 5.32 Å². The lowest BCUT2D eigenvalue weighted by molar-refractivity contribution is -0.142. The van der Waals surface area contributed by atoms with E-state index in [4.69, 9.17) is 4.74 Å². The van der Waals surface area contributed by atoms with Gasteiger partial charge in [0.1, 0.15) is 18.7 Å². The molecule has 0 saturated carbocycles. The number of ether oxygens (including phenoxy) is 1. The van der Waals surface area contributed by atoms with Crippen LogP contribution in [0, 0.1) is 5.92 Å². The van der Waals surface area contributed by atoms with Crippen molar-refractivity contribution >= 4 is 17.6 Å². The van der Waals surface area contributed by atoms with E-state index in [1.165, 1.54) is 0 Å². The number of hydrogen-bond donors (Lipinski definition) is 1. The van der Waals surface area contributed by atoms with E-state index in [9.17, 15) is 14.4 Å². The molecule has 0 radical (unpaired) electrons. The maximum atomic E-state index is 13.2. The quantitative estimate of drug-likeness (QED) is 0.871. The van der Waals surface area contributed by atoms with E-state index in [1.54, 1.807) is 29.2 Å². The Bertz CT molecular complexity index is 674. The minimum atomic E-state index is -0.644. The summed E-state index contributed by atoms with van der Waals surface area (Å²) in [5.41, 5.74) is 0.519. The van der Waals surface area contributed by atoms with E-state index >= 15 is 0 Å². The van der Waals surface area contributed by atoms with Crippen LogP contribution in [-0.4, -0.2) is 53.8 Å². The van der Waals surface area contributed by atoms with Gasteiger partial charge < -0.3 is 15.0 Å². The molecule has 2 heterocycles. The first kappa shape index (κ1) is 18.6. The number of nitrogens with zero attached hydrogens (tertiary/aromatic N) is 1. The first-order valence-corrected chi connectivity index (χ1v) is 9.28. The van der Waals surface area contributed by atoms with Crippen LogP contribution in [-0.2, 0) is 14.3 Å². The summed E-state index contributed by atoms with van der Waals surface area (Å²) in [7, 11) is 0. The van der Waals surface area contributed by atoms with E-state index in [0.717, 1.165) is 12.8 Å². The summed E-state index contributed by atoms with van der Waals surface area (Å²) < 4.78 is 5.53. The van der Waals surface area contributed by atoms with Gasteiger partial charge in [-0.05, 0) is 37.3 Å². The Morgan fingerprint density at radius 1 is 1.27 bits per heavy atom. The number of likely N-dealkylation sites (tertiary alicyclic amines) is 1. The number of ketones is 1. The monoisotopic (exact) mass is 358 g/mol. The third-order valence-electron chi connectivity index (χ3n) is 4.97. The van der Waals surface area contributed by atoms with Crippen LogP contribution in [0.2, 0.25) is 0 Å². The van der Waals surface area contributed by atoms with E-state index in [1.807, 2.05) is 19.9 Å². The summed E-state index contributed by atoms with van der Waals surface area (Å²) in [4.78, 5) is 39.6. The molecule has 1 aromatic rings. The van der Waals surface area contributed by atoms with Gasteiger partial charge in [-0.3, -0.25) is 14.4 Å². The number of Topliss-reactive ketones (excluding diaryl/α,β-unsaturated/α-hetero) is 1. The Labute approximate surface area is 153 Å². The largest absolute Gasteiger partial charge is 0.368 e.